The molecule has 19 heavy (non-hydrogen) atoms. The summed E-state index contributed by atoms with van der Waals surface area (Å²) in [6, 6.07) is 14.6. The van der Waals surface area contributed by atoms with Gasteiger partial charge in [-0.05, 0) is 18.2 Å². The first kappa shape index (κ1) is 15.1. The minimum atomic E-state index is 0. The Morgan fingerprint density at radius 2 is 1.79 bits per heavy atom. The van der Waals surface area contributed by atoms with E-state index in [0.29, 0.717) is 17.1 Å². The van der Waals surface area contributed by atoms with Crippen molar-refractivity contribution < 1.29 is 27.8 Å². The van der Waals surface area contributed by atoms with Crippen molar-refractivity contribution in [2.75, 3.05) is 7.11 Å². The molecule has 0 aromatic heterocycles. The van der Waals surface area contributed by atoms with Gasteiger partial charge in [0.05, 0.1) is 12.8 Å². The quantitative estimate of drug-likeness (QED) is 0.458. The molecule has 0 saturated carbocycles. The Hall–Kier alpha value is -1.95. The highest BCUT2D eigenvalue weighted by atomic mass is 35.5. The molecule has 0 aliphatic carbocycles. The first-order valence-electron chi connectivity index (χ1n) is 5.46. The van der Waals surface area contributed by atoms with Crippen molar-refractivity contribution in [2.24, 2.45) is 10.2 Å². The maximum atomic E-state index is 8.92. The molecule has 0 atom stereocenters. The fraction of sp³-hybridized carbons (Fsp3) is 0.0769. The number of ether oxygens (including phenoxy) is 1. The SMILES string of the molecule is COc1cc([NH2+]O)ccc1N=Nc1ccccc1.[Cl-]. The topological polar surface area (TPSA) is 70.8 Å². The molecule has 5 nitrogen and oxygen atoms in total. The first-order chi connectivity index (χ1) is 8.83. The molecule has 0 radical (unpaired) electrons. The molecule has 0 amide bonds. The van der Waals surface area contributed by atoms with Crippen molar-refractivity contribution in [3.8, 4) is 5.75 Å². The molecule has 100 valence electrons. The maximum absolute atomic E-state index is 8.92. The van der Waals surface area contributed by atoms with Crippen molar-refractivity contribution >= 4 is 17.1 Å². The number of rotatable bonds is 4. The molecule has 2 rings (SSSR count). The van der Waals surface area contributed by atoms with E-state index in [4.69, 9.17) is 9.94 Å². The van der Waals surface area contributed by atoms with Gasteiger partial charge in [-0.25, -0.2) is 5.21 Å². The zero-order chi connectivity index (χ0) is 12.8. The van der Waals surface area contributed by atoms with Crippen molar-refractivity contribution in [2.45, 2.75) is 0 Å². The number of quaternary nitrogens is 1. The summed E-state index contributed by atoms with van der Waals surface area (Å²) in [6.45, 7) is 0. The lowest BCUT2D eigenvalue weighted by Crippen LogP contribution is -3.00. The predicted molar refractivity (Wildman–Crippen MR) is 67.0 cm³/mol. The lowest BCUT2D eigenvalue weighted by molar-refractivity contribution is -0.825. The van der Waals surface area contributed by atoms with Gasteiger partial charge in [0.15, 0.2) is 11.4 Å². The summed E-state index contributed by atoms with van der Waals surface area (Å²) in [5.74, 6) is 0.567. The van der Waals surface area contributed by atoms with Crippen LogP contribution in [0.4, 0.5) is 17.1 Å². The number of methoxy groups -OCH3 is 1. The minimum absolute atomic E-state index is 0. The van der Waals surface area contributed by atoms with Crippen molar-refractivity contribution in [1.82, 2.24) is 0 Å². The molecule has 6 heteroatoms. The average Bonchev–Trinajstić information content (AvgIpc) is 2.46. The van der Waals surface area contributed by atoms with E-state index < -0.39 is 0 Å². The summed E-state index contributed by atoms with van der Waals surface area (Å²) in [4.78, 5) is 0. The van der Waals surface area contributed by atoms with Gasteiger partial charge in [0, 0.05) is 12.1 Å². The number of benzene rings is 2. The second kappa shape index (κ2) is 7.48. The van der Waals surface area contributed by atoms with E-state index in [2.05, 4.69) is 10.2 Å². The Morgan fingerprint density at radius 3 is 2.42 bits per heavy atom. The molecule has 0 bridgehead atoms. The third-order valence-electron chi connectivity index (χ3n) is 2.38. The summed E-state index contributed by atoms with van der Waals surface area (Å²) < 4.78 is 5.19. The van der Waals surface area contributed by atoms with Crippen LogP contribution < -0.4 is 22.6 Å². The van der Waals surface area contributed by atoms with E-state index >= 15 is 0 Å². The summed E-state index contributed by atoms with van der Waals surface area (Å²) >= 11 is 0. The number of halogens is 1. The fourth-order valence-corrected chi connectivity index (χ4v) is 1.46. The zero-order valence-electron chi connectivity index (χ0n) is 10.3. The van der Waals surface area contributed by atoms with Gasteiger partial charge >= 0.3 is 0 Å². The number of nitrogens with two attached hydrogens (primary N) is 1. The first-order valence-corrected chi connectivity index (χ1v) is 5.46. The van der Waals surface area contributed by atoms with Crippen LogP contribution in [0, 0.1) is 0 Å². The monoisotopic (exact) mass is 279 g/mol. The fourth-order valence-electron chi connectivity index (χ4n) is 1.46. The summed E-state index contributed by atoms with van der Waals surface area (Å²) in [5.41, 5.74) is 3.07. The van der Waals surface area contributed by atoms with Gasteiger partial charge in [-0.2, -0.15) is 10.6 Å². The molecule has 0 fully saturated rings. The highest BCUT2D eigenvalue weighted by molar-refractivity contribution is 5.56. The van der Waals surface area contributed by atoms with E-state index in [-0.39, 0.29) is 12.4 Å². The maximum Gasteiger partial charge on any atom is 0.165 e. The minimum Gasteiger partial charge on any atom is -1.00 e. The lowest BCUT2D eigenvalue weighted by atomic mass is 10.2. The third-order valence-corrected chi connectivity index (χ3v) is 2.38. The highest BCUT2D eigenvalue weighted by Gasteiger charge is 2.05. The predicted octanol–water partition coefficient (Wildman–Crippen LogP) is -0.301. The van der Waals surface area contributed by atoms with Gasteiger partial charge in [0.1, 0.15) is 5.69 Å². The Morgan fingerprint density at radius 1 is 1.05 bits per heavy atom. The van der Waals surface area contributed by atoms with Gasteiger partial charge in [-0.3, -0.25) is 0 Å². The van der Waals surface area contributed by atoms with Crippen LogP contribution in [0.1, 0.15) is 0 Å². The molecule has 0 spiro atoms. The summed E-state index contributed by atoms with van der Waals surface area (Å²) in [5, 5.41) is 17.2. The van der Waals surface area contributed by atoms with Crippen LogP contribution in [0.2, 0.25) is 0 Å². The van der Waals surface area contributed by atoms with Gasteiger partial charge < -0.3 is 17.1 Å². The summed E-state index contributed by atoms with van der Waals surface area (Å²) in [7, 11) is 1.55. The summed E-state index contributed by atoms with van der Waals surface area (Å²) in [6.07, 6.45) is 0. The molecule has 0 aliphatic rings. The van der Waals surface area contributed by atoms with E-state index in [0.717, 1.165) is 11.2 Å². The number of azo groups is 1. The van der Waals surface area contributed by atoms with Gasteiger partial charge in [0.2, 0.25) is 0 Å². The van der Waals surface area contributed by atoms with E-state index in [1.165, 1.54) is 0 Å². The van der Waals surface area contributed by atoms with E-state index in [9.17, 15) is 0 Å². The largest absolute Gasteiger partial charge is 1.00 e. The van der Waals surface area contributed by atoms with Gasteiger partial charge in [-0.15, -0.1) is 5.11 Å². The van der Waals surface area contributed by atoms with Crippen LogP contribution in [-0.4, -0.2) is 12.3 Å². The van der Waals surface area contributed by atoms with Crippen LogP contribution >= 0.6 is 0 Å². The number of hydrogen-bond donors (Lipinski definition) is 2. The molecule has 0 heterocycles. The smallest absolute Gasteiger partial charge is 0.165 e. The van der Waals surface area contributed by atoms with Gasteiger partial charge in [-0.1, -0.05) is 18.2 Å². The normalized spacial score (nSPS) is 10.2. The van der Waals surface area contributed by atoms with E-state index in [1.54, 1.807) is 25.3 Å². The third kappa shape index (κ3) is 4.03. The molecule has 0 unspecified atom stereocenters. The van der Waals surface area contributed by atoms with Gasteiger partial charge in [0.25, 0.3) is 0 Å². The molecule has 0 saturated heterocycles. The van der Waals surface area contributed by atoms with Crippen LogP contribution in [-0.2, 0) is 0 Å². The Bertz CT molecular complexity index is 547. The van der Waals surface area contributed by atoms with E-state index in [1.807, 2.05) is 30.3 Å². The molecule has 0 aliphatic heterocycles. The molecule has 2 aromatic carbocycles. The molecule has 2 aromatic rings. The Labute approximate surface area is 117 Å². The lowest BCUT2D eigenvalue weighted by Gasteiger charge is -2.03. The highest BCUT2D eigenvalue weighted by Crippen LogP contribution is 2.30. The Balaban J connectivity index is 0.00000180. The molecular formula is C13H14ClN3O2. The second-order valence-electron chi connectivity index (χ2n) is 3.60. The molecule has 3 N–H and O–H groups in total. The van der Waals surface area contributed by atoms with Crippen LogP contribution in [0.15, 0.2) is 58.8 Å². The van der Waals surface area contributed by atoms with Crippen molar-refractivity contribution in [3.63, 3.8) is 0 Å². The van der Waals surface area contributed by atoms with Crippen molar-refractivity contribution in [3.05, 3.63) is 48.5 Å². The van der Waals surface area contributed by atoms with Crippen molar-refractivity contribution in [1.29, 1.82) is 0 Å². The zero-order valence-corrected chi connectivity index (χ0v) is 11.1. The van der Waals surface area contributed by atoms with Crippen LogP contribution in [0.3, 0.4) is 0 Å². The second-order valence-corrected chi connectivity index (χ2v) is 3.60. The number of nitrogens with zero attached hydrogens (tertiary/aromatic N) is 2. The van der Waals surface area contributed by atoms with Crippen LogP contribution in [0.5, 0.6) is 5.75 Å². The molecular weight excluding hydrogens is 266 g/mol. The number of hydrogen-bond acceptors (Lipinski definition) is 4. The van der Waals surface area contributed by atoms with Crippen LogP contribution in [0.25, 0.3) is 0 Å². The Kier molecular flexibility index (Phi) is 5.95. The average molecular weight is 280 g/mol. The standard InChI is InChI=1S/C13H13N3O2.ClH/c1-18-13-9-11(16-17)7-8-12(13)15-14-10-5-3-2-4-6-10;/h2-9,16-17H,1H3;1H.